The summed E-state index contributed by atoms with van der Waals surface area (Å²) in [6.07, 6.45) is 3.07. The molecule has 0 saturated carbocycles. The van der Waals surface area contributed by atoms with E-state index in [1.807, 2.05) is 24.5 Å². The number of benzene rings is 1. The van der Waals surface area contributed by atoms with Crippen molar-refractivity contribution in [3.05, 3.63) is 63.5 Å². The molecule has 0 fully saturated rings. The van der Waals surface area contributed by atoms with Gasteiger partial charge in [0.15, 0.2) is 17.3 Å². The number of aromatic nitrogens is 4. The molecule has 7 nitrogen and oxygen atoms in total. The van der Waals surface area contributed by atoms with Gasteiger partial charge in [0.2, 0.25) is 0 Å². The molecule has 0 unspecified atom stereocenters. The van der Waals surface area contributed by atoms with E-state index >= 15 is 0 Å². The van der Waals surface area contributed by atoms with Crippen LogP contribution in [-0.2, 0) is 6.54 Å². The fraction of sp³-hybridized carbons (Fsp3) is 0.217. The van der Waals surface area contributed by atoms with Crippen molar-refractivity contribution >= 4 is 17.2 Å². The topological polar surface area (TPSA) is 103 Å². The zero-order valence-electron chi connectivity index (χ0n) is 17.4. The number of rotatable bonds is 0. The molecule has 2 N–H and O–H groups in total. The lowest BCUT2D eigenvalue weighted by Crippen LogP contribution is -2.10. The van der Waals surface area contributed by atoms with Gasteiger partial charge in [-0.1, -0.05) is 23.8 Å². The highest BCUT2D eigenvalue weighted by Crippen LogP contribution is 2.39. The number of thiazole rings is 1. The molecule has 31 heavy (non-hydrogen) atoms. The van der Waals surface area contributed by atoms with Crippen LogP contribution in [0.25, 0.3) is 22.5 Å². The normalized spacial score (nSPS) is 14.8. The Morgan fingerprint density at radius 2 is 2.10 bits per heavy atom. The lowest BCUT2D eigenvalue weighted by molar-refractivity contribution is 0.228. The van der Waals surface area contributed by atoms with Gasteiger partial charge in [0.25, 0.3) is 0 Å². The second-order valence-electron chi connectivity index (χ2n) is 7.64. The van der Waals surface area contributed by atoms with E-state index in [1.165, 1.54) is 0 Å². The van der Waals surface area contributed by atoms with Crippen molar-refractivity contribution < 1.29 is 4.74 Å². The summed E-state index contributed by atoms with van der Waals surface area (Å²) in [5.41, 5.74) is 12.0. The third-order valence-corrected chi connectivity index (χ3v) is 6.38. The molecular weight excluding hydrogens is 408 g/mol. The van der Waals surface area contributed by atoms with Crippen LogP contribution >= 0.6 is 11.3 Å². The van der Waals surface area contributed by atoms with Gasteiger partial charge in [0.05, 0.1) is 34.1 Å². The van der Waals surface area contributed by atoms with Crippen molar-refractivity contribution in [1.82, 2.24) is 19.5 Å². The third kappa shape index (κ3) is 3.23. The monoisotopic (exact) mass is 428 g/mol. The average Bonchev–Trinajstić information content (AvgIpc) is 3.32. The molecular formula is C23H20N6OS. The maximum absolute atomic E-state index is 9.64. The number of hydrogen-bond donors (Lipinski definition) is 1. The van der Waals surface area contributed by atoms with Crippen LogP contribution in [0.4, 0.5) is 5.82 Å². The summed E-state index contributed by atoms with van der Waals surface area (Å²) in [4.78, 5) is 14.6. The average molecular weight is 429 g/mol. The number of ether oxygens (including phenoxy) is 1. The number of hydrogen-bond acceptors (Lipinski definition) is 7. The van der Waals surface area contributed by atoms with Crippen molar-refractivity contribution in [2.24, 2.45) is 0 Å². The quantitative estimate of drug-likeness (QED) is 0.438. The molecule has 5 rings (SSSR count). The zero-order chi connectivity index (χ0) is 21.7. The Hall–Kier alpha value is -3.70. The van der Waals surface area contributed by atoms with Crippen molar-refractivity contribution in [1.29, 1.82) is 5.26 Å². The minimum atomic E-state index is -0.274. The number of imidazole rings is 1. The van der Waals surface area contributed by atoms with Crippen LogP contribution in [-0.4, -0.2) is 19.5 Å². The van der Waals surface area contributed by atoms with Gasteiger partial charge < -0.3 is 15.0 Å². The molecule has 4 heterocycles. The number of anilines is 1. The minimum absolute atomic E-state index is 0.274. The summed E-state index contributed by atoms with van der Waals surface area (Å²) in [6, 6.07) is 10.3. The number of pyridine rings is 1. The third-order valence-electron chi connectivity index (χ3n) is 5.42. The molecule has 0 saturated heterocycles. The van der Waals surface area contributed by atoms with Crippen LogP contribution in [0.3, 0.4) is 0 Å². The fourth-order valence-corrected chi connectivity index (χ4v) is 4.94. The van der Waals surface area contributed by atoms with E-state index in [-0.39, 0.29) is 6.10 Å². The standard InChI is InChI=1S/C23H20N6OS/c1-12-4-5-16-17(6-12)13(2)30-19-7-15(9-26-23(19)25)22-18(8-24)27-11-29(22)10-20-21(16)28-14(3)31-20/h4-7,9,11,13H,10H2,1-3H3,(H2,25,26)/t13-/m1/s1. The molecule has 4 aromatic rings. The largest absolute Gasteiger partial charge is 0.482 e. The summed E-state index contributed by atoms with van der Waals surface area (Å²) in [6.45, 7) is 6.62. The Morgan fingerprint density at radius 1 is 1.26 bits per heavy atom. The Bertz CT molecular complexity index is 1360. The Kier molecular flexibility index (Phi) is 4.49. The van der Waals surface area contributed by atoms with Gasteiger partial charge in [-0.25, -0.2) is 15.0 Å². The molecule has 3 aromatic heterocycles. The first-order valence-corrected chi connectivity index (χ1v) is 10.7. The Morgan fingerprint density at radius 3 is 2.90 bits per heavy atom. The lowest BCUT2D eigenvalue weighted by atomic mass is 9.97. The molecule has 1 aliphatic heterocycles. The summed E-state index contributed by atoms with van der Waals surface area (Å²) in [5, 5.41) is 10.6. The van der Waals surface area contributed by atoms with Crippen LogP contribution in [0, 0.1) is 25.2 Å². The van der Waals surface area contributed by atoms with E-state index in [9.17, 15) is 5.26 Å². The van der Waals surface area contributed by atoms with Crippen LogP contribution in [0.15, 0.2) is 36.8 Å². The summed E-state index contributed by atoms with van der Waals surface area (Å²) in [5.74, 6) is 0.779. The van der Waals surface area contributed by atoms with E-state index < -0.39 is 0 Å². The van der Waals surface area contributed by atoms with Crippen molar-refractivity contribution in [2.75, 3.05) is 5.73 Å². The Balaban J connectivity index is 1.82. The van der Waals surface area contributed by atoms with Crippen molar-refractivity contribution in [3.8, 4) is 34.3 Å². The maximum atomic E-state index is 9.64. The molecule has 1 aliphatic rings. The predicted octanol–water partition coefficient (Wildman–Crippen LogP) is 4.64. The van der Waals surface area contributed by atoms with Gasteiger partial charge in [0, 0.05) is 22.9 Å². The first-order valence-electron chi connectivity index (χ1n) is 9.89. The number of nitriles is 1. The predicted molar refractivity (Wildman–Crippen MR) is 120 cm³/mol. The number of aryl methyl sites for hydroxylation is 2. The molecule has 0 radical (unpaired) electrons. The molecule has 0 spiro atoms. The SMILES string of the molecule is Cc1ccc2c(c1)[C@@H](C)Oc1cc(cnc1N)-c1c(C#N)ncn1Cc1sc(C)nc1-2. The van der Waals surface area contributed by atoms with E-state index in [0.29, 0.717) is 29.5 Å². The number of fused-ring (bicyclic) bond motifs is 7. The van der Waals surface area contributed by atoms with Gasteiger partial charge in [-0.3, -0.25) is 0 Å². The van der Waals surface area contributed by atoms with Gasteiger partial charge in [-0.15, -0.1) is 11.3 Å². The second-order valence-corrected chi connectivity index (χ2v) is 8.93. The highest BCUT2D eigenvalue weighted by atomic mass is 32.1. The van der Waals surface area contributed by atoms with Crippen molar-refractivity contribution in [2.45, 2.75) is 33.4 Å². The van der Waals surface area contributed by atoms with E-state index in [0.717, 1.165) is 37.8 Å². The van der Waals surface area contributed by atoms with Gasteiger partial charge in [0.1, 0.15) is 12.2 Å². The first kappa shape index (κ1) is 19.3. The van der Waals surface area contributed by atoms with Gasteiger partial charge in [-0.2, -0.15) is 5.26 Å². The lowest BCUT2D eigenvalue weighted by Gasteiger charge is -2.21. The van der Waals surface area contributed by atoms with E-state index in [2.05, 4.69) is 41.2 Å². The van der Waals surface area contributed by atoms with Crippen LogP contribution in [0.2, 0.25) is 0 Å². The fourth-order valence-electron chi connectivity index (χ4n) is 4.00. The van der Waals surface area contributed by atoms with Crippen LogP contribution < -0.4 is 10.5 Å². The van der Waals surface area contributed by atoms with E-state index in [4.69, 9.17) is 15.5 Å². The number of nitrogens with zero attached hydrogens (tertiary/aromatic N) is 5. The van der Waals surface area contributed by atoms with Crippen LogP contribution in [0.5, 0.6) is 5.75 Å². The van der Waals surface area contributed by atoms with Crippen LogP contribution in [0.1, 0.15) is 39.7 Å². The molecule has 1 aromatic carbocycles. The molecule has 0 amide bonds. The minimum Gasteiger partial charge on any atom is -0.482 e. The number of nitrogen functional groups attached to an aromatic ring is 1. The molecule has 154 valence electrons. The zero-order valence-corrected chi connectivity index (χ0v) is 18.2. The smallest absolute Gasteiger partial charge is 0.166 e. The van der Waals surface area contributed by atoms with Crippen molar-refractivity contribution in [3.63, 3.8) is 0 Å². The highest BCUT2D eigenvalue weighted by Gasteiger charge is 2.24. The Labute approximate surface area is 183 Å². The molecule has 0 aliphatic carbocycles. The summed E-state index contributed by atoms with van der Waals surface area (Å²) < 4.78 is 8.27. The second kappa shape index (κ2) is 7.22. The highest BCUT2D eigenvalue weighted by molar-refractivity contribution is 7.12. The molecule has 8 heteroatoms. The molecule has 1 atom stereocenters. The number of nitrogens with two attached hydrogens (primary N) is 1. The van der Waals surface area contributed by atoms with Gasteiger partial charge in [-0.05, 0) is 26.8 Å². The first-order chi connectivity index (χ1) is 14.9. The van der Waals surface area contributed by atoms with Gasteiger partial charge >= 0.3 is 0 Å². The maximum Gasteiger partial charge on any atom is 0.166 e. The summed E-state index contributed by atoms with van der Waals surface area (Å²) >= 11 is 1.65. The van der Waals surface area contributed by atoms with E-state index in [1.54, 1.807) is 23.9 Å². The molecule has 2 bridgehead atoms. The summed E-state index contributed by atoms with van der Waals surface area (Å²) in [7, 11) is 0.